The Balaban J connectivity index is 1.61. The normalized spacial score (nSPS) is 26.1. The van der Waals surface area contributed by atoms with E-state index in [-0.39, 0.29) is 11.9 Å². The molecule has 2 fully saturated rings. The highest BCUT2D eigenvalue weighted by Crippen LogP contribution is 2.35. The van der Waals surface area contributed by atoms with Crippen LogP contribution in [0, 0.1) is 11.3 Å². The Bertz CT molecular complexity index is 602. The molecule has 5 heteroatoms. The summed E-state index contributed by atoms with van der Waals surface area (Å²) in [6.07, 6.45) is 4.47. The second kappa shape index (κ2) is 7.33. The van der Waals surface area contributed by atoms with Gasteiger partial charge < -0.3 is 4.90 Å². The van der Waals surface area contributed by atoms with Gasteiger partial charge in [-0.25, -0.2) is 5.43 Å². The maximum atomic E-state index is 12.7. The predicted octanol–water partition coefficient (Wildman–Crippen LogP) is 2.11. The van der Waals surface area contributed by atoms with Crippen molar-refractivity contribution in [2.24, 2.45) is 0 Å². The quantitative estimate of drug-likeness (QED) is 0.889. The van der Waals surface area contributed by atoms with Crippen LogP contribution in [-0.2, 0) is 10.2 Å². The lowest BCUT2D eigenvalue weighted by atomic mass is 9.74. The summed E-state index contributed by atoms with van der Waals surface area (Å²) in [6.45, 7) is 3.46. The summed E-state index contributed by atoms with van der Waals surface area (Å²) in [7, 11) is 0. The van der Waals surface area contributed by atoms with Crippen molar-refractivity contribution in [2.75, 3.05) is 13.1 Å². The fraction of sp³-hybridized carbons (Fsp3) is 0.579. The first-order valence-corrected chi connectivity index (χ1v) is 8.95. The third-order valence-corrected chi connectivity index (χ3v) is 5.39. The van der Waals surface area contributed by atoms with E-state index in [9.17, 15) is 10.1 Å². The van der Waals surface area contributed by atoms with Crippen LogP contribution in [0.4, 0.5) is 0 Å². The highest BCUT2D eigenvalue weighted by molar-refractivity contribution is 5.82. The third kappa shape index (κ3) is 3.31. The predicted molar refractivity (Wildman–Crippen MR) is 92.9 cm³/mol. The molecule has 2 saturated heterocycles. The van der Waals surface area contributed by atoms with Crippen LogP contribution in [-0.4, -0.2) is 36.0 Å². The largest absolute Gasteiger partial charge is 0.341 e. The van der Waals surface area contributed by atoms with Crippen molar-refractivity contribution in [3.8, 4) is 6.07 Å². The van der Waals surface area contributed by atoms with Crippen molar-refractivity contribution in [1.29, 1.82) is 5.26 Å². The standard InChI is InChI=1S/C19H26N4O/c1-2-6-16-13-17(22-21-16)18(24)23-11-9-19(14-20,10-12-23)15-7-4-3-5-8-15/h3-5,7-8,16-17,21-22H,2,6,9-13H2,1H3. The van der Waals surface area contributed by atoms with Crippen LogP contribution in [0.5, 0.6) is 0 Å². The molecule has 24 heavy (non-hydrogen) atoms. The minimum Gasteiger partial charge on any atom is -0.341 e. The van der Waals surface area contributed by atoms with E-state index >= 15 is 0 Å². The van der Waals surface area contributed by atoms with E-state index in [2.05, 4.69) is 23.8 Å². The number of nitrogens with one attached hydrogen (secondary N) is 2. The molecule has 0 saturated carbocycles. The number of benzene rings is 1. The molecule has 2 atom stereocenters. The summed E-state index contributed by atoms with van der Waals surface area (Å²) in [5.41, 5.74) is 7.00. The topological polar surface area (TPSA) is 68.2 Å². The number of carbonyl (C=O) groups is 1. The summed E-state index contributed by atoms with van der Waals surface area (Å²) in [5, 5.41) is 9.75. The number of hydrogen-bond acceptors (Lipinski definition) is 4. The van der Waals surface area contributed by atoms with Crippen LogP contribution >= 0.6 is 0 Å². The van der Waals surface area contributed by atoms with Gasteiger partial charge in [0, 0.05) is 19.1 Å². The van der Waals surface area contributed by atoms with E-state index in [4.69, 9.17) is 0 Å². The number of rotatable bonds is 4. The van der Waals surface area contributed by atoms with Gasteiger partial charge in [-0.1, -0.05) is 43.7 Å². The molecule has 0 aliphatic carbocycles. The first-order chi connectivity index (χ1) is 11.7. The van der Waals surface area contributed by atoms with Crippen LogP contribution in [0.2, 0.25) is 0 Å². The first-order valence-electron chi connectivity index (χ1n) is 8.95. The number of likely N-dealkylation sites (tertiary alicyclic amines) is 1. The molecule has 128 valence electrons. The monoisotopic (exact) mass is 326 g/mol. The number of nitriles is 1. The van der Waals surface area contributed by atoms with Gasteiger partial charge in [0.1, 0.15) is 6.04 Å². The molecule has 3 rings (SSSR count). The molecule has 0 bridgehead atoms. The Kier molecular flexibility index (Phi) is 5.17. The summed E-state index contributed by atoms with van der Waals surface area (Å²) in [5.74, 6) is 0.167. The smallest absolute Gasteiger partial charge is 0.241 e. The number of hydrazine groups is 1. The molecule has 2 N–H and O–H groups in total. The van der Waals surface area contributed by atoms with Gasteiger partial charge in [-0.2, -0.15) is 5.26 Å². The number of carbonyl (C=O) groups excluding carboxylic acids is 1. The molecule has 1 aromatic rings. The van der Waals surface area contributed by atoms with Crippen molar-refractivity contribution < 1.29 is 4.79 Å². The fourth-order valence-electron chi connectivity index (χ4n) is 3.87. The van der Waals surface area contributed by atoms with E-state index in [1.165, 1.54) is 0 Å². The van der Waals surface area contributed by atoms with Crippen LogP contribution in [0.25, 0.3) is 0 Å². The Labute approximate surface area is 144 Å². The molecular formula is C19H26N4O. The molecule has 2 unspecified atom stereocenters. The number of piperidine rings is 1. The van der Waals surface area contributed by atoms with Gasteiger partial charge >= 0.3 is 0 Å². The zero-order valence-corrected chi connectivity index (χ0v) is 14.3. The summed E-state index contributed by atoms with van der Waals surface area (Å²) >= 11 is 0. The van der Waals surface area contributed by atoms with Crippen LogP contribution in [0.3, 0.4) is 0 Å². The molecule has 0 radical (unpaired) electrons. The first kappa shape index (κ1) is 16.9. The lowest BCUT2D eigenvalue weighted by molar-refractivity contribution is -0.134. The zero-order valence-electron chi connectivity index (χ0n) is 14.3. The van der Waals surface area contributed by atoms with Crippen molar-refractivity contribution >= 4 is 5.91 Å². The van der Waals surface area contributed by atoms with Gasteiger partial charge in [-0.15, -0.1) is 0 Å². The average Bonchev–Trinajstić information content (AvgIpc) is 3.11. The van der Waals surface area contributed by atoms with Gasteiger partial charge in [-0.3, -0.25) is 10.2 Å². The van der Waals surface area contributed by atoms with E-state index in [1.807, 2.05) is 35.2 Å². The van der Waals surface area contributed by atoms with Gasteiger partial charge in [-0.05, 0) is 31.2 Å². The van der Waals surface area contributed by atoms with Gasteiger partial charge in [0.15, 0.2) is 0 Å². The van der Waals surface area contributed by atoms with Crippen molar-refractivity contribution in [3.05, 3.63) is 35.9 Å². The summed E-state index contributed by atoms with van der Waals surface area (Å²) in [6, 6.07) is 12.8. The van der Waals surface area contributed by atoms with E-state index < -0.39 is 5.41 Å². The third-order valence-electron chi connectivity index (χ3n) is 5.39. The van der Waals surface area contributed by atoms with Crippen LogP contribution in [0.1, 0.15) is 44.6 Å². The van der Waals surface area contributed by atoms with Gasteiger partial charge in [0.05, 0.1) is 11.5 Å². The molecule has 2 aliphatic heterocycles. The van der Waals surface area contributed by atoms with Gasteiger partial charge in [0.25, 0.3) is 0 Å². The van der Waals surface area contributed by atoms with Crippen LogP contribution in [0.15, 0.2) is 30.3 Å². The van der Waals surface area contributed by atoms with Crippen molar-refractivity contribution in [2.45, 2.75) is 56.5 Å². The average molecular weight is 326 g/mol. The maximum absolute atomic E-state index is 12.7. The molecular weight excluding hydrogens is 300 g/mol. The zero-order chi connectivity index (χ0) is 17.0. The van der Waals surface area contributed by atoms with Crippen molar-refractivity contribution in [1.82, 2.24) is 15.8 Å². The Morgan fingerprint density at radius 1 is 1.29 bits per heavy atom. The Morgan fingerprint density at radius 3 is 2.62 bits per heavy atom. The highest BCUT2D eigenvalue weighted by atomic mass is 16.2. The molecule has 2 heterocycles. The SMILES string of the molecule is CCCC1CC(C(=O)N2CCC(C#N)(c3ccccc3)CC2)NN1. The molecule has 0 aromatic heterocycles. The van der Waals surface area contributed by atoms with Crippen LogP contribution < -0.4 is 10.9 Å². The van der Waals surface area contributed by atoms with E-state index in [1.54, 1.807) is 0 Å². The molecule has 5 nitrogen and oxygen atoms in total. The highest BCUT2D eigenvalue weighted by Gasteiger charge is 2.40. The lowest BCUT2D eigenvalue weighted by Gasteiger charge is -2.38. The van der Waals surface area contributed by atoms with Crippen molar-refractivity contribution in [3.63, 3.8) is 0 Å². The Hall–Kier alpha value is -1.90. The molecule has 1 aromatic carbocycles. The van der Waals surface area contributed by atoms with E-state index in [0.29, 0.717) is 32.0 Å². The van der Waals surface area contributed by atoms with E-state index in [0.717, 1.165) is 24.8 Å². The molecule has 0 spiro atoms. The fourth-order valence-corrected chi connectivity index (χ4v) is 3.87. The lowest BCUT2D eigenvalue weighted by Crippen LogP contribution is -2.51. The maximum Gasteiger partial charge on any atom is 0.241 e. The number of hydrogen-bond donors (Lipinski definition) is 2. The number of nitrogens with zero attached hydrogens (tertiary/aromatic N) is 2. The second-order valence-electron chi connectivity index (χ2n) is 6.95. The number of amides is 1. The van der Waals surface area contributed by atoms with Gasteiger partial charge in [0.2, 0.25) is 5.91 Å². The second-order valence-corrected chi connectivity index (χ2v) is 6.95. The Morgan fingerprint density at radius 2 is 2.00 bits per heavy atom. The summed E-state index contributed by atoms with van der Waals surface area (Å²) < 4.78 is 0. The minimum atomic E-state index is -0.454. The minimum absolute atomic E-state index is 0.132. The molecule has 2 aliphatic rings. The summed E-state index contributed by atoms with van der Waals surface area (Å²) in [4.78, 5) is 14.6. The molecule has 1 amide bonds.